The molecular weight excluding hydrogens is 178 g/mol. The summed E-state index contributed by atoms with van der Waals surface area (Å²) in [7, 11) is 0. The highest BCUT2D eigenvalue weighted by Gasteiger charge is 2.24. The fourth-order valence-electron chi connectivity index (χ4n) is 2.03. The van der Waals surface area contributed by atoms with Crippen LogP contribution < -0.4 is 10.6 Å². The summed E-state index contributed by atoms with van der Waals surface area (Å²) in [5, 5.41) is 6.18. The lowest BCUT2D eigenvalue weighted by atomic mass is 10.0. The van der Waals surface area contributed by atoms with E-state index in [0.717, 1.165) is 32.6 Å². The quantitative estimate of drug-likeness (QED) is 0.639. The molecule has 0 radical (unpaired) electrons. The summed E-state index contributed by atoms with van der Waals surface area (Å²) >= 11 is 0. The smallest absolute Gasteiger partial charge is 0.317 e. The van der Waals surface area contributed by atoms with Gasteiger partial charge in [0.15, 0.2) is 0 Å². The van der Waals surface area contributed by atoms with E-state index in [0.29, 0.717) is 12.0 Å². The highest BCUT2D eigenvalue weighted by Crippen LogP contribution is 2.15. The van der Waals surface area contributed by atoms with Gasteiger partial charge in [-0.3, -0.25) is 0 Å². The Balaban J connectivity index is 1.77. The second-order valence-corrected chi connectivity index (χ2v) is 4.50. The van der Waals surface area contributed by atoms with Gasteiger partial charge in [-0.05, 0) is 18.8 Å². The molecule has 4 heteroatoms. The molecule has 80 valence electrons. The molecule has 2 aliphatic heterocycles. The number of urea groups is 1. The molecule has 0 aromatic heterocycles. The van der Waals surface area contributed by atoms with Crippen LogP contribution in [0.25, 0.3) is 0 Å². The van der Waals surface area contributed by atoms with E-state index >= 15 is 0 Å². The van der Waals surface area contributed by atoms with Crippen LogP contribution in [0.15, 0.2) is 0 Å². The largest absolute Gasteiger partial charge is 0.333 e. The van der Waals surface area contributed by atoms with Crippen molar-refractivity contribution in [2.24, 2.45) is 5.92 Å². The molecule has 1 atom stereocenters. The van der Waals surface area contributed by atoms with E-state index in [4.69, 9.17) is 0 Å². The molecule has 0 aromatic rings. The molecule has 4 nitrogen and oxygen atoms in total. The molecule has 2 N–H and O–H groups in total. The number of hydrogen-bond acceptors (Lipinski definition) is 2. The number of nitrogens with zero attached hydrogens (tertiary/aromatic N) is 1. The first kappa shape index (κ1) is 9.77. The monoisotopic (exact) mass is 197 g/mol. The lowest BCUT2D eigenvalue weighted by molar-refractivity contribution is 0.162. The van der Waals surface area contributed by atoms with Crippen LogP contribution in [0, 0.1) is 5.92 Å². The first-order chi connectivity index (χ1) is 6.75. The number of carbonyl (C=O) groups excluding carboxylic acids is 1. The van der Waals surface area contributed by atoms with Crippen molar-refractivity contribution in [3.05, 3.63) is 0 Å². The van der Waals surface area contributed by atoms with Crippen molar-refractivity contribution in [1.82, 2.24) is 15.5 Å². The predicted octanol–water partition coefficient (Wildman–Crippen LogP) is 0.400. The molecule has 0 aromatic carbocycles. The van der Waals surface area contributed by atoms with E-state index in [1.165, 1.54) is 6.42 Å². The summed E-state index contributed by atoms with van der Waals surface area (Å²) in [5.41, 5.74) is 0. The number of nitrogens with one attached hydrogen (secondary N) is 2. The number of piperidine rings is 1. The van der Waals surface area contributed by atoms with Gasteiger partial charge in [-0.15, -0.1) is 0 Å². The van der Waals surface area contributed by atoms with E-state index in [-0.39, 0.29) is 6.03 Å². The zero-order valence-electron chi connectivity index (χ0n) is 8.75. The fourth-order valence-corrected chi connectivity index (χ4v) is 2.03. The van der Waals surface area contributed by atoms with Gasteiger partial charge >= 0.3 is 6.03 Å². The average molecular weight is 197 g/mol. The maximum absolute atomic E-state index is 11.7. The highest BCUT2D eigenvalue weighted by atomic mass is 16.2. The van der Waals surface area contributed by atoms with Crippen molar-refractivity contribution >= 4 is 6.03 Å². The third-order valence-corrected chi connectivity index (χ3v) is 3.05. The predicted molar refractivity (Wildman–Crippen MR) is 55.2 cm³/mol. The van der Waals surface area contributed by atoms with Crippen LogP contribution in [-0.2, 0) is 0 Å². The minimum atomic E-state index is 0.128. The molecule has 0 bridgehead atoms. The maximum atomic E-state index is 11.7. The van der Waals surface area contributed by atoms with Gasteiger partial charge in [0.2, 0.25) is 0 Å². The third-order valence-electron chi connectivity index (χ3n) is 3.05. The lowest BCUT2D eigenvalue weighted by Crippen LogP contribution is -2.60. The molecule has 2 fully saturated rings. The Kier molecular flexibility index (Phi) is 2.91. The second-order valence-electron chi connectivity index (χ2n) is 4.50. The van der Waals surface area contributed by atoms with E-state index in [2.05, 4.69) is 17.6 Å². The standard InChI is InChI=1S/C10H19N3O/c1-8-3-2-4-13(7-8)10(14)12-9-5-11-6-9/h8-9,11H,2-7H2,1H3,(H,12,14). The molecule has 2 rings (SSSR count). The van der Waals surface area contributed by atoms with Crippen LogP contribution in [0.3, 0.4) is 0 Å². The van der Waals surface area contributed by atoms with Crippen molar-refractivity contribution in [3.8, 4) is 0 Å². The second kappa shape index (κ2) is 4.17. The van der Waals surface area contributed by atoms with Crippen LogP contribution in [0.2, 0.25) is 0 Å². The van der Waals surface area contributed by atoms with E-state index in [1.54, 1.807) is 0 Å². The first-order valence-corrected chi connectivity index (χ1v) is 5.52. The molecule has 0 saturated carbocycles. The van der Waals surface area contributed by atoms with Crippen molar-refractivity contribution in [3.63, 3.8) is 0 Å². The summed E-state index contributed by atoms with van der Waals surface area (Å²) in [6.45, 7) is 5.91. The van der Waals surface area contributed by atoms with E-state index in [9.17, 15) is 4.79 Å². The Morgan fingerprint density at radius 3 is 2.86 bits per heavy atom. The normalized spacial score (nSPS) is 28.4. The molecule has 2 amide bonds. The molecule has 0 aliphatic carbocycles. The molecule has 2 saturated heterocycles. The molecule has 0 spiro atoms. The maximum Gasteiger partial charge on any atom is 0.317 e. The SMILES string of the molecule is CC1CCCN(C(=O)NC2CNC2)C1. The summed E-state index contributed by atoms with van der Waals surface area (Å²) in [6, 6.07) is 0.489. The Hall–Kier alpha value is -0.770. The molecule has 2 heterocycles. The zero-order valence-corrected chi connectivity index (χ0v) is 8.75. The number of amides is 2. The lowest BCUT2D eigenvalue weighted by Gasteiger charge is -2.35. The minimum Gasteiger partial charge on any atom is -0.333 e. The van der Waals surface area contributed by atoms with Gasteiger partial charge < -0.3 is 15.5 Å². The summed E-state index contributed by atoms with van der Waals surface area (Å²) in [5.74, 6) is 0.661. The highest BCUT2D eigenvalue weighted by molar-refractivity contribution is 5.74. The topological polar surface area (TPSA) is 44.4 Å². The van der Waals surface area contributed by atoms with Crippen molar-refractivity contribution in [2.45, 2.75) is 25.8 Å². The van der Waals surface area contributed by atoms with Gasteiger partial charge in [-0.25, -0.2) is 4.79 Å². The summed E-state index contributed by atoms with van der Waals surface area (Å²) in [6.07, 6.45) is 2.41. The fraction of sp³-hybridized carbons (Fsp3) is 0.900. The van der Waals surface area contributed by atoms with Crippen LogP contribution in [-0.4, -0.2) is 43.2 Å². The molecular formula is C10H19N3O. The summed E-state index contributed by atoms with van der Waals surface area (Å²) in [4.78, 5) is 13.7. The number of rotatable bonds is 1. The van der Waals surface area contributed by atoms with Gasteiger partial charge in [0.1, 0.15) is 0 Å². The Morgan fingerprint density at radius 2 is 2.29 bits per heavy atom. The minimum absolute atomic E-state index is 0.128. The van der Waals surface area contributed by atoms with E-state index in [1.807, 2.05) is 4.90 Å². The van der Waals surface area contributed by atoms with Crippen molar-refractivity contribution in [1.29, 1.82) is 0 Å². The van der Waals surface area contributed by atoms with Crippen LogP contribution >= 0.6 is 0 Å². The molecule has 2 aliphatic rings. The van der Waals surface area contributed by atoms with Gasteiger partial charge in [0, 0.05) is 26.2 Å². The van der Waals surface area contributed by atoms with E-state index < -0.39 is 0 Å². The van der Waals surface area contributed by atoms with Crippen LogP contribution in [0.4, 0.5) is 4.79 Å². The zero-order chi connectivity index (χ0) is 9.97. The Morgan fingerprint density at radius 1 is 1.50 bits per heavy atom. The number of hydrogen-bond donors (Lipinski definition) is 2. The van der Waals surface area contributed by atoms with Crippen LogP contribution in [0.1, 0.15) is 19.8 Å². The molecule has 1 unspecified atom stereocenters. The summed E-state index contributed by atoms with van der Waals surface area (Å²) < 4.78 is 0. The van der Waals surface area contributed by atoms with Gasteiger partial charge in [-0.2, -0.15) is 0 Å². The van der Waals surface area contributed by atoms with Crippen molar-refractivity contribution < 1.29 is 4.79 Å². The number of likely N-dealkylation sites (tertiary alicyclic amines) is 1. The Labute approximate surface area is 85.0 Å². The third kappa shape index (κ3) is 2.18. The van der Waals surface area contributed by atoms with Gasteiger partial charge in [0.05, 0.1) is 6.04 Å². The van der Waals surface area contributed by atoms with Crippen molar-refractivity contribution in [2.75, 3.05) is 26.2 Å². The molecule has 14 heavy (non-hydrogen) atoms. The number of carbonyl (C=O) groups is 1. The Bertz CT molecular complexity index is 215. The average Bonchev–Trinajstić information content (AvgIpc) is 2.11. The van der Waals surface area contributed by atoms with Crippen LogP contribution in [0.5, 0.6) is 0 Å². The van der Waals surface area contributed by atoms with Gasteiger partial charge in [-0.1, -0.05) is 6.92 Å². The first-order valence-electron chi connectivity index (χ1n) is 5.52. The van der Waals surface area contributed by atoms with Gasteiger partial charge in [0.25, 0.3) is 0 Å².